The molecule has 0 aliphatic carbocycles. The minimum atomic E-state index is -0.370. The van der Waals surface area contributed by atoms with Gasteiger partial charge in [0.15, 0.2) is 0 Å². The summed E-state index contributed by atoms with van der Waals surface area (Å²) in [5.41, 5.74) is 6.29. The van der Waals surface area contributed by atoms with E-state index in [4.69, 9.17) is 5.73 Å². The molecule has 0 bridgehead atoms. The smallest absolute Gasteiger partial charge is 0.326 e. The predicted molar refractivity (Wildman–Crippen MR) is 79.1 cm³/mol. The van der Waals surface area contributed by atoms with Crippen LogP contribution in [-0.4, -0.2) is 15.6 Å². The highest BCUT2D eigenvalue weighted by molar-refractivity contribution is 7.18. The lowest BCUT2D eigenvalue weighted by Crippen LogP contribution is -2.40. The number of thiophene rings is 1. The van der Waals surface area contributed by atoms with Crippen LogP contribution in [0.25, 0.3) is 10.2 Å². The molecule has 3 N–H and O–H groups in total. The number of rotatable bonds is 4. The van der Waals surface area contributed by atoms with Crippen LogP contribution < -0.4 is 17.0 Å². The molecule has 0 aliphatic rings. The topological polar surface area (TPSA) is 80.9 Å². The van der Waals surface area contributed by atoms with E-state index in [2.05, 4.69) is 4.98 Å². The summed E-state index contributed by atoms with van der Waals surface area (Å²) < 4.78 is 1.22. The molecule has 0 spiro atoms. The van der Waals surface area contributed by atoms with Gasteiger partial charge < -0.3 is 5.73 Å². The van der Waals surface area contributed by atoms with Gasteiger partial charge in [0.05, 0.1) is 5.39 Å². The number of H-pyrrole nitrogens is 1. The van der Waals surface area contributed by atoms with Crippen molar-refractivity contribution in [1.82, 2.24) is 9.55 Å². The van der Waals surface area contributed by atoms with Crippen LogP contribution in [0.3, 0.4) is 0 Å². The summed E-state index contributed by atoms with van der Waals surface area (Å²) in [4.78, 5) is 29.0. The first-order chi connectivity index (χ1) is 8.99. The Morgan fingerprint density at radius 1 is 1.37 bits per heavy atom. The normalized spacial score (nSPS) is 13.1. The number of nitrogens with one attached hydrogen (secondary N) is 1. The van der Waals surface area contributed by atoms with Gasteiger partial charge in [0.1, 0.15) is 4.83 Å². The average molecular weight is 281 g/mol. The molecule has 2 heterocycles. The molecule has 19 heavy (non-hydrogen) atoms. The zero-order chi connectivity index (χ0) is 14.2. The molecule has 6 heteroatoms. The first-order valence-corrected chi connectivity index (χ1v) is 7.31. The molecule has 2 aromatic rings. The molecular formula is C13H19N3O2S. The monoisotopic (exact) mass is 281 g/mol. The van der Waals surface area contributed by atoms with Crippen LogP contribution in [0.5, 0.6) is 0 Å². The molecule has 1 unspecified atom stereocenters. The second-order valence-corrected chi connectivity index (χ2v) is 5.93. The van der Waals surface area contributed by atoms with Gasteiger partial charge in [0.2, 0.25) is 0 Å². The van der Waals surface area contributed by atoms with Crippen LogP contribution in [0.15, 0.2) is 9.59 Å². The Labute approximate surface area is 115 Å². The largest absolute Gasteiger partial charge is 0.329 e. The van der Waals surface area contributed by atoms with E-state index in [1.807, 2.05) is 20.8 Å². The standard InChI is InChI=1S/C13H19N3O2S/c1-4-8(14)6-16-12(17)10-9(5-2)7(3)19-11(10)15-13(16)18/h8H,4-6,14H2,1-3H3,(H,15,18). The van der Waals surface area contributed by atoms with E-state index in [0.717, 1.165) is 23.3 Å². The lowest BCUT2D eigenvalue weighted by Gasteiger charge is -2.10. The maximum absolute atomic E-state index is 12.5. The van der Waals surface area contributed by atoms with Gasteiger partial charge in [-0.15, -0.1) is 11.3 Å². The zero-order valence-electron chi connectivity index (χ0n) is 11.4. The van der Waals surface area contributed by atoms with E-state index < -0.39 is 0 Å². The molecular weight excluding hydrogens is 262 g/mol. The lowest BCUT2D eigenvalue weighted by molar-refractivity contribution is 0.513. The highest BCUT2D eigenvalue weighted by Gasteiger charge is 2.16. The van der Waals surface area contributed by atoms with Crippen LogP contribution in [0.1, 0.15) is 30.7 Å². The van der Waals surface area contributed by atoms with E-state index in [1.54, 1.807) is 0 Å². The van der Waals surface area contributed by atoms with Crippen molar-refractivity contribution in [2.24, 2.45) is 5.73 Å². The third-order valence-electron chi connectivity index (χ3n) is 3.43. The van der Waals surface area contributed by atoms with E-state index in [0.29, 0.717) is 10.2 Å². The Balaban J connectivity index is 2.73. The van der Waals surface area contributed by atoms with Crippen molar-refractivity contribution in [3.05, 3.63) is 31.3 Å². The fourth-order valence-corrected chi connectivity index (χ4v) is 3.37. The number of fused-ring (bicyclic) bond motifs is 1. The van der Waals surface area contributed by atoms with Crippen LogP contribution in [0.4, 0.5) is 0 Å². The van der Waals surface area contributed by atoms with Crippen molar-refractivity contribution in [3.63, 3.8) is 0 Å². The van der Waals surface area contributed by atoms with Crippen molar-refractivity contribution in [1.29, 1.82) is 0 Å². The molecule has 0 aromatic carbocycles. The molecule has 0 saturated carbocycles. The minimum Gasteiger partial charge on any atom is -0.326 e. The third kappa shape index (κ3) is 2.37. The molecule has 104 valence electrons. The highest BCUT2D eigenvalue weighted by atomic mass is 32.1. The van der Waals surface area contributed by atoms with E-state index >= 15 is 0 Å². The maximum atomic E-state index is 12.5. The molecule has 0 fully saturated rings. The number of nitrogens with zero attached hydrogens (tertiary/aromatic N) is 1. The predicted octanol–water partition coefficient (Wildman–Crippen LogP) is 1.36. The van der Waals surface area contributed by atoms with Gasteiger partial charge in [-0.25, -0.2) is 4.79 Å². The van der Waals surface area contributed by atoms with E-state index in [-0.39, 0.29) is 23.8 Å². The van der Waals surface area contributed by atoms with Crippen LogP contribution >= 0.6 is 11.3 Å². The van der Waals surface area contributed by atoms with Gasteiger partial charge in [-0.3, -0.25) is 14.3 Å². The summed E-state index contributed by atoms with van der Waals surface area (Å²) in [6, 6.07) is -0.180. The number of aromatic amines is 1. The number of aryl methyl sites for hydroxylation is 2. The first-order valence-electron chi connectivity index (χ1n) is 6.50. The highest BCUT2D eigenvalue weighted by Crippen LogP contribution is 2.26. The van der Waals surface area contributed by atoms with Crippen LogP contribution in [-0.2, 0) is 13.0 Å². The fourth-order valence-electron chi connectivity index (χ4n) is 2.24. The van der Waals surface area contributed by atoms with Crippen LogP contribution in [0.2, 0.25) is 0 Å². The molecule has 2 aromatic heterocycles. The van der Waals surface area contributed by atoms with Gasteiger partial charge in [0.25, 0.3) is 5.56 Å². The van der Waals surface area contributed by atoms with Gasteiger partial charge in [-0.2, -0.15) is 0 Å². The minimum absolute atomic E-state index is 0.180. The summed E-state index contributed by atoms with van der Waals surface area (Å²) in [6.45, 7) is 6.19. The van der Waals surface area contributed by atoms with Crippen LogP contribution in [0, 0.1) is 6.92 Å². The number of aromatic nitrogens is 2. The van der Waals surface area contributed by atoms with Gasteiger partial charge in [-0.1, -0.05) is 13.8 Å². The molecule has 5 nitrogen and oxygen atoms in total. The SMILES string of the molecule is CCc1c(C)sc2[nH]c(=O)n(CC(N)CC)c(=O)c12. The van der Waals surface area contributed by atoms with Gasteiger partial charge in [-0.05, 0) is 25.3 Å². The van der Waals surface area contributed by atoms with Crippen molar-refractivity contribution < 1.29 is 0 Å². The summed E-state index contributed by atoms with van der Waals surface area (Å²) >= 11 is 1.46. The Hall–Kier alpha value is -1.40. The summed E-state index contributed by atoms with van der Waals surface area (Å²) in [7, 11) is 0. The second-order valence-electron chi connectivity index (χ2n) is 4.71. The molecule has 1 atom stereocenters. The molecule has 0 saturated heterocycles. The second kappa shape index (κ2) is 5.30. The molecule has 0 aliphatic heterocycles. The van der Waals surface area contributed by atoms with E-state index in [1.165, 1.54) is 15.9 Å². The number of hydrogen-bond donors (Lipinski definition) is 2. The van der Waals surface area contributed by atoms with Crippen molar-refractivity contribution in [3.8, 4) is 0 Å². The first kappa shape index (κ1) is 14.0. The summed E-state index contributed by atoms with van der Waals surface area (Å²) in [5, 5.41) is 0.646. The van der Waals surface area contributed by atoms with Gasteiger partial charge >= 0.3 is 5.69 Å². The Morgan fingerprint density at radius 2 is 2.05 bits per heavy atom. The Morgan fingerprint density at radius 3 is 2.63 bits per heavy atom. The number of hydrogen-bond acceptors (Lipinski definition) is 4. The summed E-state index contributed by atoms with van der Waals surface area (Å²) in [5.74, 6) is 0. The quantitative estimate of drug-likeness (QED) is 0.888. The van der Waals surface area contributed by atoms with E-state index in [9.17, 15) is 9.59 Å². The van der Waals surface area contributed by atoms with Gasteiger partial charge in [0, 0.05) is 17.5 Å². The summed E-state index contributed by atoms with van der Waals surface area (Å²) in [6.07, 6.45) is 1.51. The Kier molecular flexibility index (Phi) is 3.91. The molecule has 2 rings (SSSR count). The number of nitrogens with two attached hydrogens (primary N) is 1. The maximum Gasteiger partial charge on any atom is 0.329 e. The van der Waals surface area contributed by atoms with Crippen molar-refractivity contribution in [2.45, 2.75) is 46.2 Å². The fraction of sp³-hybridized carbons (Fsp3) is 0.538. The van der Waals surface area contributed by atoms with Crippen molar-refractivity contribution >= 4 is 21.6 Å². The Bertz CT molecular complexity index is 711. The third-order valence-corrected chi connectivity index (χ3v) is 4.49. The lowest BCUT2D eigenvalue weighted by atomic mass is 10.1. The zero-order valence-corrected chi connectivity index (χ0v) is 12.3. The molecule has 0 amide bonds. The van der Waals surface area contributed by atoms with Crippen molar-refractivity contribution in [2.75, 3.05) is 0 Å². The molecule has 0 radical (unpaired) electrons. The average Bonchev–Trinajstić information content (AvgIpc) is 2.69.